The van der Waals surface area contributed by atoms with Crippen molar-refractivity contribution in [3.63, 3.8) is 0 Å². The number of carbonyl (C=O) groups excluding carboxylic acids is 1. The van der Waals surface area contributed by atoms with E-state index in [-0.39, 0.29) is 18.3 Å². The first-order valence-electron chi connectivity index (χ1n) is 10.6. The topological polar surface area (TPSA) is 73.4 Å². The zero-order valence-corrected chi connectivity index (χ0v) is 19.4. The molecule has 0 unspecified atom stereocenters. The van der Waals surface area contributed by atoms with Gasteiger partial charge in [-0.1, -0.05) is 23.5 Å². The first-order chi connectivity index (χ1) is 16.1. The molecule has 1 fully saturated rings. The number of para-hydroxylation sites is 1. The van der Waals surface area contributed by atoms with Gasteiger partial charge in [-0.2, -0.15) is 0 Å². The number of rotatable bonds is 9. The number of fused-ring (bicyclic) bond motifs is 1. The number of hydrogen-bond acceptors (Lipinski definition) is 8. The van der Waals surface area contributed by atoms with Gasteiger partial charge in [-0.25, -0.2) is 9.37 Å². The third-order valence-corrected chi connectivity index (χ3v) is 6.46. The molecule has 1 aliphatic rings. The van der Waals surface area contributed by atoms with Gasteiger partial charge in [0.2, 0.25) is 0 Å². The minimum absolute atomic E-state index is 0.0339. The summed E-state index contributed by atoms with van der Waals surface area (Å²) in [6.45, 7) is 3.68. The van der Waals surface area contributed by atoms with Crippen LogP contribution in [0.15, 0.2) is 36.4 Å². The van der Waals surface area contributed by atoms with E-state index < -0.39 is 5.82 Å². The van der Waals surface area contributed by atoms with E-state index in [1.54, 1.807) is 37.3 Å². The Morgan fingerprint density at radius 2 is 1.85 bits per heavy atom. The molecule has 2 aromatic carbocycles. The van der Waals surface area contributed by atoms with E-state index in [1.165, 1.54) is 23.5 Å². The third-order valence-electron chi connectivity index (χ3n) is 5.36. The first-order valence-corrected chi connectivity index (χ1v) is 11.4. The molecule has 0 aliphatic carbocycles. The molecular weight excluding hydrogens is 449 g/mol. The number of halogens is 1. The molecule has 1 aromatic heterocycles. The van der Waals surface area contributed by atoms with Crippen molar-refractivity contribution in [2.45, 2.75) is 0 Å². The molecule has 10 heteroatoms. The summed E-state index contributed by atoms with van der Waals surface area (Å²) < 4.78 is 36.6. The molecule has 1 saturated heterocycles. The Labute approximate surface area is 195 Å². The van der Waals surface area contributed by atoms with Gasteiger partial charge in [0.05, 0.1) is 27.4 Å². The van der Waals surface area contributed by atoms with Crippen LogP contribution in [0.3, 0.4) is 0 Å². The van der Waals surface area contributed by atoms with E-state index in [0.29, 0.717) is 48.5 Å². The van der Waals surface area contributed by atoms with Crippen LogP contribution in [-0.4, -0.2) is 76.0 Å². The van der Waals surface area contributed by atoms with Gasteiger partial charge in [0.15, 0.2) is 23.3 Å². The standard InChI is InChI=1S/C23H26FN3O5S/c1-29-18-7-8-19(30-2)22-21(18)25-23(33-22)27(10-9-26-11-13-31-14-12-26)20(28)15-32-17-6-4-3-5-16(17)24/h3-8H,9-15H2,1-2H3. The van der Waals surface area contributed by atoms with Crippen LogP contribution < -0.4 is 19.1 Å². The molecule has 4 rings (SSSR count). The summed E-state index contributed by atoms with van der Waals surface area (Å²) in [6.07, 6.45) is 0. The second kappa shape index (κ2) is 10.8. The minimum Gasteiger partial charge on any atom is -0.495 e. The zero-order valence-electron chi connectivity index (χ0n) is 18.6. The Morgan fingerprint density at radius 1 is 1.12 bits per heavy atom. The summed E-state index contributed by atoms with van der Waals surface area (Å²) in [5.41, 5.74) is 0.621. The Bertz CT molecular complexity index is 1060. The smallest absolute Gasteiger partial charge is 0.266 e. The highest BCUT2D eigenvalue weighted by molar-refractivity contribution is 7.22. The Balaban J connectivity index is 1.60. The van der Waals surface area contributed by atoms with E-state index in [0.717, 1.165) is 17.8 Å². The third kappa shape index (κ3) is 5.35. The number of anilines is 1. The summed E-state index contributed by atoms with van der Waals surface area (Å²) in [6, 6.07) is 9.61. The maximum absolute atomic E-state index is 14.0. The number of aromatic nitrogens is 1. The van der Waals surface area contributed by atoms with E-state index >= 15 is 0 Å². The predicted octanol–water partition coefficient (Wildman–Crippen LogP) is 3.20. The molecular formula is C23H26FN3O5S. The molecule has 0 atom stereocenters. The van der Waals surface area contributed by atoms with E-state index in [2.05, 4.69) is 4.90 Å². The van der Waals surface area contributed by atoms with E-state index in [9.17, 15) is 9.18 Å². The number of benzene rings is 2. The average molecular weight is 476 g/mol. The molecule has 3 aromatic rings. The quantitative estimate of drug-likeness (QED) is 0.471. The Kier molecular flexibility index (Phi) is 7.58. The maximum Gasteiger partial charge on any atom is 0.266 e. The van der Waals surface area contributed by atoms with Crippen molar-refractivity contribution in [2.24, 2.45) is 0 Å². The van der Waals surface area contributed by atoms with Crippen LogP contribution in [0.4, 0.5) is 9.52 Å². The molecule has 0 bridgehead atoms. The second-order valence-electron chi connectivity index (χ2n) is 7.36. The summed E-state index contributed by atoms with van der Waals surface area (Å²) in [4.78, 5) is 21.7. The van der Waals surface area contributed by atoms with Crippen LogP contribution in [0.5, 0.6) is 17.2 Å². The molecule has 0 saturated carbocycles. The summed E-state index contributed by atoms with van der Waals surface area (Å²) in [5, 5.41) is 0.503. The van der Waals surface area contributed by atoms with Crippen LogP contribution >= 0.6 is 11.3 Å². The van der Waals surface area contributed by atoms with Crippen molar-refractivity contribution >= 4 is 32.6 Å². The lowest BCUT2D eigenvalue weighted by Gasteiger charge is -2.29. The fraction of sp³-hybridized carbons (Fsp3) is 0.391. The van der Waals surface area contributed by atoms with Crippen LogP contribution in [0, 0.1) is 5.82 Å². The van der Waals surface area contributed by atoms with Crippen molar-refractivity contribution in [3.05, 3.63) is 42.2 Å². The number of nitrogens with zero attached hydrogens (tertiary/aromatic N) is 3. The maximum atomic E-state index is 14.0. The van der Waals surface area contributed by atoms with Gasteiger partial charge in [-0.3, -0.25) is 14.6 Å². The van der Waals surface area contributed by atoms with Crippen molar-refractivity contribution < 1.29 is 28.1 Å². The van der Waals surface area contributed by atoms with Crippen LogP contribution in [0.2, 0.25) is 0 Å². The Morgan fingerprint density at radius 3 is 2.58 bits per heavy atom. The molecule has 1 amide bonds. The Hall–Kier alpha value is -2.95. The lowest BCUT2D eigenvalue weighted by atomic mass is 10.3. The molecule has 0 radical (unpaired) electrons. The normalized spacial score (nSPS) is 14.3. The average Bonchev–Trinajstić information content (AvgIpc) is 3.29. The largest absolute Gasteiger partial charge is 0.495 e. The van der Waals surface area contributed by atoms with Gasteiger partial charge < -0.3 is 18.9 Å². The fourth-order valence-electron chi connectivity index (χ4n) is 3.56. The van der Waals surface area contributed by atoms with Gasteiger partial charge in [0.25, 0.3) is 5.91 Å². The van der Waals surface area contributed by atoms with Gasteiger partial charge in [0, 0.05) is 26.2 Å². The zero-order chi connectivity index (χ0) is 23.2. The number of carbonyl (C=O) groups is 1. The number of methoxy groups -OCH3 is 2. The number of thiazole rings is 1. The van der Waals surface area contributed by atoms with E-state index in [1.807, 2.05) is 6.07 Å². The number of morpholine rings is 1. The van der Waals surface area contributed by atoms with Gasteiger partial charge >= 0.3 is 0 Å². The van der Waals surface area contributed by atoms with Gasteiger partial charge in [-0.05, 0) is 24.3 Å². The highest BCUT2D eigenvalue weighted by Gasteiger charge is 2.24. The summed E-state index contributed by atoms with van der Waals surface area (Å²) in [7, 11) is 3.16. The molecule has 8 nitrogen and oxygen atoms in total. The number of amides is 1. The van der Waals surface area contributed by atoms with Crippen molar-refractivity contribution in [1.29, 1.82) is 0 Å². The summed E-state index contributed by atoms with van der Waals surface area (Å²) >= 11 is 1.34. The SMILES string of the molecule is COc1ccc(OC)c2sc(N(CCN3CCOCC3)C(=O)COc3ccccc3F)nc12. The van der Waals surface area contributed by atoms with Gasteiger partial charge in [0.1, 0.15) is 21.7 Å². The summed E-state index contributed by atoms with van der Waals surface area (Å²) in [5.74, 6) is 0.448. The molecule has 176 valence electrons. The minimum atomic E-state index is -0.514. The van der Waals surface area contributed by atoms with Crippen LogP contribution in [0.25, 0.3) is 10.2 Å². The molecule has 0 N–H and O–H groups in total. The molecule has 2 heterocycles. The van der Waals surface area contributed by atoms with Crippen molar-refractivity contribution in [2.75, 3.05) is 65.1 Å². The van der Waals surface area contributed by atoms with Gasteiger partial charge in [-0.15, -0.1) is 0 Å². The number of hydrogen-bond donors (Lipinski definition) is 0. The fourth-order valence-corrected chi connectivity index (χ4v) is 4.68. The molecule has 0 spiro atoms. The van der Waals surface area contributed by atoms with Crippen molar-refractivity contribution in [1.82, 2.24) is 9.88 Å². The van der Waals surface area contributed by atoms with Crippen LogP contribution in [0.1, 0.15) is 0 Å². The lowest BCUT2D eigenvalue weighted by molar-refractivity contribution is -0.120. The second-order valence-corrected chi connectivity index (χ2v) is 8.34. The predicted molar refractivity (Wildman–Crippen MR) is 124 cm³/mol. The molecule has 1 aliphatic heterocycles. The highest BCUT2D eigenvalue weighted by atomic mass is 32.1. The van der Waals surface area contributed by atoms with E-state index in [4.69, 9.17) is 23.9 Å². The molecule has 33 heavy (non-hydrogen) atoms. The lowest BCUT2D eigenvalue weighted by Crippen LogP contribution is -2.44. The number of ether oxygens (including phenoxy) is 4. The highest BCUT2D eigenvalue weighted by Crippen LogP contribution is 2.40. The monoisotopic (exact) mass is 475 g/mol. The van der Waals surface area contributed by atoms with Crippen LogP contribution in [-0.2, 0) is 9.53 Å². The van der Waals surface area contributed by atoms with Crippen molar-refractivity contribution in [3.8, 4) is 17.2 Å². The first kappa shape index (κ1) is 23.2.